The minimum absolute atomic E-state index is 0.0775. The Labute approximate surface area is 136 Å². The van der Waals surface area contributed by atoms with Crippen molar-refractivity contribution < 1.29 is 14.6 Å². The fourth-order valence-electron chi connectivity index (χ4n) is 2.20. The summed E-state index contributed by atoms with van der Waals surface area (Å²) in [6, 6.07) is 3.93. The largest absolute Gasteiger partial charge is 0.478 e. The van der Waals surface area contributed by atoms with E-state index in [9.17, 15) is 9.90 Å². The summed E-state index contributed by atoms with van der Waals surface area (Å²) in [6.07, 6.45) is 2.99. The maximum atomic E-state index is 11.3. The second-order valence-corrected chi connectivity index (χ2v) is 5.78. The number of aromatic nitrogens is 4. The number of ether oxygens (including phenoxy) is 1. The van der Waals surface area contributed by atoms with Gasteiger partial charge in [0.25, 0.3) is 5.95 Å². The first-order valence-corrected chi connectivity index (χ1v) is 7.66. The number of methoxy groups -OCH3 is 1. The number of thiophene rings is 1. The highest BCUT2D eigenvalue weighted by Crippen LogP contribution is 2.26. The van der Waals surface area contributed by atoms with Crippen molar-refractivity contribution in [1.82, 2.24) is 19.7 Å². The fraction of sp³-hybridized carbons (Fsp3) is 0.200. The predicted molar refractivity (Wildman–Crippen MR) is 84.9 cm³/mol. The molecule has 0 unspecified atom stereocenters. The van der Waals surface area contributed by atoms with Crippen molar-refractivity contribution in [2.75, 3.05) is 7.11 Å². The van der Waals surface area contributed by atoms with Crippen molar-refractivity contribution in [1.29, 1.82) is 0 Å². The molecule has 7 nitrogen and oxygen atoms in total. The molecule has 0 saturated carbocycles. The van der Waals surface area contributed by atoms with Gasteiger partial charge in [-0.1, -0.05) is 6.07 Å². The lowest BCUT2D eigenvalue weighted by Crippen LogP contribution is -2.11. The van der Waals surface area contributed by atoms with Gasteiger partial charge in [0, 0.05) is 13.3 Å². The topological polar surface area (TPSA) is 90.1 Å². The first-order chi connectivity index (χ1) is 11.1. The van der Waals surface area contributed by atoms with E-state index in [0.29, 0.717) is 11.6 Å². The molecule has 0 saturated heterocycles. The quantitative estimate of drug-likeness (QED) is 0.773. The molecule has 0 amide bonds. The summed E-state index contributed by atoms with van der Waals surface area (Å²) < 4.78 is 6.49. The summed E-state index contributed by atoms with van der Waals surface area (Å²) in [5.74, 6) is -0.743. The van der Waals surface area contributed by atoms with Gasteiger partial charge in [-0.05, 0) is 23.9 Å². The zero-order chi connectivity index (χ0) is 16.4. The maximum Gasteiger partial charge on any atom is 0.339 e. The lowest BCUT2D eigenvalue weighted by Gasteiger charge is -2.09. The first-order valence-electron chi connectivity index (χ1n) is 6.79. The predicted octanol–water partition coefficient (Wildman–Crippen LogP) is 2.54. The molecule has 0 aliphatic heterocycles. The minimum atomic E-state index is -1.06. The van der Waals surface area contributed by atoms with Gasteiger partial charge in [-0.2, -0.15) is 9.78 Å². The van der Waals surface area contributed by atoms with Crippen LogP contribution in [0.5, 0.6) is 0 Å². The molecule has 0 radical (unpaired) electrons. The molecule has 3 aromatic rings. The second-order valence-electron chi connectivity index (χ2n) is 4.83. The smallest absolute Gasteiger partial charge is 0.339 e. The van der Waals surface area contributed by atoms with E-state index in [-0.39, 0.29) is 12.2 Å². The zero-order valence-electron chi connectivity index (χ0n) is 12.6. The van der Waals surface area contributed by atoms with Crippen molar-refractivity contribution in [2.24, 2.45) is 0 Å². The standard InChI is InChI=1S/C15H14N4O3S/c1-9-6-16-15(18-13(9)12-4-3-5-23-12)19-11(8-22-2)10(7-17-19)14(20)21/h3-7H,8H2,1-2H3,(H,20,21). The van der Waals surface area contributed by atoms with Gasteiger partial charge in [-0.15, -0.1) is 11.3 Å². The third-order valence-electron chi connectivity index (χ3n) is 3.28. The van der Waals surface area contributed by atoms with Crippen LogP contribution in [0.15, 0.2) is 29.9 Å². The molecule has 23 heavy (non-hydrogen) atoms. The van der Waals surface area contributed by atoms with Crippen molar-refractivity contribution >= 4 is 17.3 Å². The van der Waals surface area contributed by atoms with E-state index in [4.69, 9.17) is 4.74 Å². The summed E-state index contributed by atoms with van der Waals surface area (Å²) >= 11 is 1.58. The number of nitrogens with zero attached hydrogens (tertiary/aromatic N) is 4. The van der Waals surface area contributed by atoms with Gasteiger partial charge in [-0.3, -0.25) is 0 Å². The third-order valence-corrected chi connectivity index (χ3v) is 4.16. The zero-order valence-corrected chi connectivity index (χ0v) is 13.4. The summed E-state index contributed by atoms with van der Waals surface area (Å²) in [4.78, 5) is 21.2. The van der Waals surface area contributed by atoms with Crippen LogP contribution in [0, 0.1) is 6.92 Å². The summed E-state index contributed by atoms with van der Waals surface area (Å²) in [5, 5.41) is 15.3. The molecule has 118 valence electrons. The molecule has 3 heterocycles. The van der Waals surface area contributed by atoms with Gasteiger partial charge in [0.2, 0.25) is 0 Å². The van der Waals surface area contributed by atoms with Crippen LogP contribution in [0.4, 0.5) is 0 Å². The molecule has 1 N–H and O–H groups in total. The van der Waals surface area contributed by atoms with Gasteiger partial charge < -0.3 is 9.84 Å². The number of aromatic carboxylic acids is 1. The van der Waals surface area contributed by atoms with Crippen molar-refractivity contribution in [3.05, 3.63) is 46.7 Å². The maximum absolute atomic E-state index is 11.3. The number of carboxylic acids is 1. The van der Waals surface area contributed by atoms with Crippen LogP contribution in [0.25, 0.3) is 16.5 Å². The summed E-state index contributed by atoms with van der Waals surface area (Å²) in [5.41, 5.74) is 2.23. The van der Waals surface area contributed by atoms with E-state index in [0.717, 1.165) is 16.1 Å². The van der Waals surface area contributed by atoms with Crippen molar-refractivity contribution in [2.45, 2.75) is 13.5 Å². The SMILES string of the molecule is COCc1c(C(=O)O)cnn1-c1ncc(C)c(-c2cccs2)n1. The molecule has 0 aromatic carbocycles. The lowest BCUT2D eigenvalue weighted by molar-refractivity contribution is 0.0691. The van der Waals surface area contributed by atoms with E-state index in [1.165, 1.54) is 18.0 Å². The monoisotopic (exact) mass is 330 g/mol. The second kappa shape index (κ2) is 6.27. The Morgan fingerprint density at radius 2 is 2.26 bits per heavy atom. The van der Waals surface area contributed by atoms with Crippen molar-refractivity contribution in [3.63, 3.8) is 0 Å². The Morgan fingerprint density at radius 3 is 2.91 bits per heavy atom. The highest BCUT2D eigenvalue weighted by atomic mass is 32.1. The number of hydrogen-bond donors (Lipinski definition) is 1. The molecular weight excluding hydrogens is 316 g/mol. The lowest BCUT2D eigenvalue weighted by atomic mass is 10.2. The average molecular weight is 330 g/mol. The van der Waals surface area contributed by atoms with E-state index >= 15 is 0 Å². The van der Waals surface area contributed by atoms with Crippen LogP contribution in [0.2, 0.25) is 0 Å². The minimum Gasteiger partial charge on any atom is -0.478 e. The highest BCUT2D eigenvalue weighted by Gasteiger charge is 2.19. The van der Waals surface area contributed by atoms with Crippen LogP contribution in [0.3, 0.4) is 0 Å². The number of carboxylic acid groups (broad SMARTS) is 1. The molecule has 0 bridgehead atoms. The van der Waals surface area contributed by atoms with Gasteiger partial charge in [0.05, 0.1) is 29.1 Å². The third kappa shape index (κ3) is 2.86. The number of hydrogen-bond acceptors (Lipinski definition) is 6. The number of aryl methyl sites for hydroxylation is 1. The van der Waals surface area contributed by atoms with Crippen LogP contribution in [-0.4, -0.2) is 37.9 Å². The van der Waals surface area contributed by atoms with E-state index in [1.54, 1.807) is 17.5 Å². The molecule has 3 aromatic heterocycles. The van der Waals surface area contributed by atoms with Gasteiger partial charge in [0.1, 0.15) is 5.56 Å². The van der Waals surface area contributed by atoms with Crippen molar-refractivity contribution in [3.8, 4) is 16.5 Å². The van der Waals surface area contributed by atoms with E-state index < -0.39 is 5.97 Å². The normalized spacial score (nSPS) is 10.9. The average Bonchev–Trinajstić information content (AvgIpc) is 3.18. The highest BCUT2D eigenvalue weighted by molar-refractivity contribution is 7.13. The molecule has 0 aliphatic carbocycles. The van der Waals surface area contributed by atoms with Crippen LogP contribution in [0.1, 0.15) is 21.6 Å². The Hall–Kier alpha value is -2.58. The Kier molecular flexibility index (Phi) is 4.18. The first kappa shape index (κ1) is 15.3. The molecule has 0 spiro atoms. The van der Waals surface area contributed by atoms with Crippen LogP contribution >= 0.6 is 11.3 Å². The number of carbonyl (C=O) groups is 1. The molecular formula is C15H14N4O3S. The van der Waals surface area contributed by atoms with E-state index in [1.807, 2.05) is 24.4 Å². The van der Waals surface area contributed by atoms with Gasteiger partial charge >= 0.3 is 5.97 Å². The Morgan fingerprint density at radius 1 is 1.43 bits per heavy atom. The molecule has 8 heteroatoms. The summed E-state index contributed by atoms with van der Waals surface area (Å²) in [6.45, 7) is 2.04. The Bertz CT molecular complexity index is 843. The van der Waals surface area contributed by atoms with Gasteiger partial charge in [0.15, 0.2) is 0 Å². The number of rotatable bonds is 5. The molecule has 0 fully saturated rings. The van der Waals surface area contributed by atoms with E-state index in [2.05, 4.69) is 15.1 Å². The molecule has 0 atom stereocenters. The molecule has 0 aliphatic rings. The Balaban J connectivity index is 2.13. The fourth-order valence-corrected chi connectivity index (χ4v) is 2.98. The molecule has 3 rings (SSSR count). The van der Waals surface area contributed by atoms with Crippen LogP contribution < -0.4 is 0 Å². The summed E-state index contributed by atoms with van der Waals surface area (Å²) in [7, 11) is 1.50. The van der Waals surface area contributed by atoms with Crippen LogP contribution in [-0.2, 0) is 11.3 Å². The van der Waals surface area contributed by atoms with Gasteiger partial charge in [-0.25, -0.2) is 14.8 Å².